The Balaban J connectivity index is 2.15. The first-order chi connectivity index (χ1) is 8.56. The first-order valence-corrected chi connectivity index (χ1v) is 6.32. The fourth-order valence-electron chi connectivity index (χ4n) is 1.84. The van der Waals surface area contributed by atoms with Gasteiger partial charge in [0.05, 0.1) is 11.4 Å². The molecular formula is C15H17ClN2. The summed E-state index contributed by atoms with van der Waals surface area (Å²) in [5.74, 6) is 0. The van der Waals surface area contributed by atoms with Crippen LogP contribution >= 0.6 is 11.6 Å². The van der Waals surface area contributed by atoms with E-state index in [1.807, 2.05) is 12.1 Å². The summed E-state index contributed by atoms with van der Waals surface area (Å²) < 4.78 is 0. The van der Waals surface area contributed by atoms with E-state index in [0.717, 1.165) is 5.69 Å². The van der Waals surface area contributed by atoms with E-state index in [1.54, 1.807) is 6.07 Å². The highest BCUT2D eigenvalue weighted by Crippen LogP contribution is 2.26. The van der Waals surface area contributed by atoms with E-state index < -0.39 is 0 Å². The zero-order valence-electron chi connectivity index (χ0n) is 10.6. The number of rotatable bonds is 3. The first-order valence-electron chi connectivity index (χ1n) is 5.94. The number of halogens is 1. The number of hydrogen-bond acceptors (Lipinski definition) is 2. The van der Waals surface area contributed by atoms with Gasteiger partial charge in [0.15, 0.2) is 0 Å². The molecule has 0 aliphatic rings. The molecule has 1 unspecified atom stereocenters. The lowest BCUT2D eigenvalue weighted by molar-refractivity contribution is 0.885. The molecule has 2 aromatic carbocycles. The van der Waals surface area contributed by atoms with E-state index in [9.17, 15) is 0 Å². The summed E-state index contributed by atoms with van der Waals surface area (Å²) in [6.45, 7) is 4.19. The molecule has 0 saturated carbocycles. The molecule has 2 nitrogen and oxygen atoms in total. The standard InChI is InChI=1S/C15H17ClN2/c1-10-3-5-12(6-4-10)11(2)18-15-8-7-13(16)9-14(15)17/h3-9,11,18H,17H2,1-2H3. The van der Waals surface area contributed by atoms with Gasteiger partial charge >= 0.3 is 0 Å². The largest absolute Gasteiger partial charge is 0.397 e. The summed E-state index contributed by atoms with van der Waals surface area (Å²) >= 11 is 5.88. The third-order valence-corrected chi connectivity index (χ3v) is 3.20. The van der Waals surface area contributed by atoms with E-state index in [1.165, 1.54) is 11.1 Å². The summed E-state index contributed by atoms with van der Waals surface area (Å²) in [5, 5.41) is 4.04. The van der Waals surface area contributed by atoms with E-state index >= 15 is 0 Å². The zero-order chi connectivity index (χ0) is 13.1. The van der Waals surface area contributed by atoms with E-state index in [2.05, 4.69) is 43.4 Å². The fourth-order valence-corrected chi connectivity index (χ4v) is 2.02. The Bertz CT molecular complexity index is 535. The van der Waals surface area contributed by atoms with Gasteiger partial charge in [-0.15, -0.1) is 0 Å². The molecule has 0 amide bonds. The molecule has 0 heterocycles. The summed E-state index contributed by atoms with van der Waals surface area (Å²) in [4.78, 5) is 0. The molecule has 1 atom stereocenters. The van der Waals surface area contributed by atoms with Crippen molar-refractivity contribution in [3.8, 4) is 0 Å². The predicted octanol–water partition coefficient (Wildman–Crippen LogP) is 4.40. The van der Waals surface area contributed by atoms with Gasteiger partial charge in [-0.2, -0.15) is 0 Å². The van der Waals surface area contributed by atoms with Crippen LogP contribution < -0.4 is 11.1 Å². The van der Waals surface area contributed by atoms with Crippen LogP contribution in [0.3, 0.4) is 0 Å². The fraction of sp³-hybridized carbons (Fsp3) is 0.200. The van der Waals surface area contributed by atoms with Crippen molar-refractivity contribution in [2.45, 2.75) is 19.9 Å². The molecule has 0 aromatic heterocycles. The second-order valence-electron chi connectivity index (χ2n) is 4.51. The van der Waals surface area contributed by atoms with Crippen LogP contribution in [0.25, 0.3) is 0 Å². The molecule has 3 N–H and O–H groups in total. The maximum atomic E-state index is 5.92. The van der Waals surface area contributed by atoms with Crippen LogP contribution in [-0.4, -0.2) is 0 Å². The van der Waals surface area contributed by atoms with Gasteiger partial charge in [-0.1, -0.05) is 41.4 Å². The normalized spacial score (nSPS) is 12.2. The quantitative estimate of drug-likeness (QED) is 0.803. The van der Waals surface area contributed by atoms with Crippen LogP contribution in [0.5, 0.6) is 0 Å². The van der Waals surface area contributed by atoms with Gasteiger partial charge < -0.3 is 11.1 Å². The number of nitrogens with one attached hydrogen (secondary N) is 1. The minimum Gasteiger partial charge on any atom is -0.397 e. The molecule has 0 bridgehead atoms. The predicted molar refractivity (Wildman–Crippen MR) is 79.1 cm³/mol. The Labute approximate surface area is 113 Å². The van der Waals surface area contributed by atoms with Crippen molar-refractivity contribution in [3.63, 3.8) is 0 Å². The molecule has 0 aliphatic carbocycles. The maximum Gasteiger partial charge on any atom is 0.0579 e. The van der Waals surface area contributed by atoms with E-state index in [4.69, 9.17) is 17.3 Å². The van der Waals surface area contributed by atoms with Gasteiger partial charge in [0.2, 0.25) is 0 Å². The highest BCUT2D eigenvalue weighted by atomic mass is 35.5. The molecule has 2 rings (SSSR count). The van der Waals surface area contributed by atoms with Gasteiger partial charge in [-0.25, -0.2) is 0 Å². The molecule has 0 fully saturated rings. The lowest BCUT2D eigenvalue weighted by Crippen LogP contribution is -2.08. The second-order valence-corrected chi connectivity index (χ2v) is 4.94. The lowest BCUT2D eigenvalue weighted by Gasteiger charge is -2.17. The van der Waals surface area contributed by atoms with Crippen molar-refractivity contribution in [1.82, 2.24) is 0 Å². The van der Waals surface area contributed by atoms with Crippen LogP contribution in [0, 0.1) is 6.92 Å². The average molecular weight is 261 g/mol. The van der Waals surface area contributed by atoms with Crippen LogP contribution in [-0.2, 0) is 0 Å². The number of benzene rings is 2. The molecule has 18 heavy (non-hydrogen) atoms. The minimum absolute atomic E-state index is 0.203. The Hall–Kier alpha value is -1.67. The smallest absolute Gasteiger partial charge is 0.0579 e. The van der Waals surface area contributed by atoms with Crippen molar-refractivity contribution in [3.05, 3.63) is 58.6 Å². The topological polar surface area (TPSA) is 38.0 Å². The monoisotopic (exact) mass is 260 g/mol. The molecular weight excluding hydrogens is 244 g/mol. The van der Waals surface area contributed by atoms with Gasteiger partial charge in [0, 0.05) is 11.1 Å². The van der Waals surface area contributed by atoms with Gasteiger partial charge in [-0.3, -0.25) is 0 Å². The number of hydrogen-bond donors (Lipinski definition) is 2. The second kappa shape index (κ2) is 5.32. The first kappa shape index (κ1) is 12.8. The van der Waals surface area contributed by atoms with Crippen molar-refractivity contribution >= 4 is 23.0 Å². The molecule has 3 heteroatoms. The number of nitrogens with two attached hydrogens (primary N) is 1. The lowest BCUT2D eigenvalue weighted by atomic mass is 10.1. The van der Waals surface area contributed by atoms with Crippen LogP contribution in [0.15, 0.2) is 42.5 Å². The van der Waals surface area contributed by atoms with Crippen molar-refractivity contribution in [2.75, 3.05) is 11.1 Å². The van der Waals surface area contributed by atoms with Crippen molar-refractivity contribution in [2.24, 2.45) is 0 Å². The Morgan fingerprint density at radius 2 is 1.78 bits per heavy atom. The summed E-state index contributed by atoms with van der Waals surface area (Å²) in [6, 6.07) is 14.2. The summed E-state index contributed by atoms with van der Waals surface area (Å²) in [6.07, 6.45) is 0. The summed E-state index contributed by atoms with van der Waals surface area (Å²) in [7, 11) is 0. The Morgan fingerprint density at radius 3 is 2.39 bits per heavy atom. The van der Waals surface area contributed by atoms with E-state index in [0.29, 0.717) is 10.7 Å². The van der Waals surface area contributed by atoms with Crippen LogP contribution in [0.4, 0.5) is 11.4 Å². The number of nitrogen functional groups attached to an aromatic ring is 1. The SMILES string of the molecule is Cc1ccc(C(C)Nc2ccc(Cl)cc2N)cc1. The molecule has 0 aliphatic heterocycles. The third-order valence-electron chi connectivity index (χ3n) is 2.96. The van der Waals surface area contributed by atoms with Crippen LogP contribution in [0.1, 0.15) is 24.1 Å². The van der Waals surface area contributed by atoms with Gasteiger partial charge in [-0.05, 0) is 37.6 Å². The highest BCUT2D eigenvalue weighted by molar-refractivity contribution is 6.31. The maximum absolute atomic E-state index is 5.92. The van der Waals surface area contributed by atoms with Crippen molar-refractivity contribution < 1.29 is 0 Å². The highest BCUT2D eigenvalue weighted by Gasteiger charge is 2.07. The van der Waals surface area contributed by atoms with Gasteiger partial charge in [0.1, 0.15) is 0 Å². The molecule has 2 aromatic rings. The molecule has 0 saturated heterocycles. The summed E-state index contributed by atoms with van der Waals surface area (Å²) in [5.41, 5.74) is 10.00. The van der Waals surface area contributed by atoms with Crippen LogP contribution in [0.2, 0.25) is 5.02 Å². The molecule has 0 spiro atoms. The number of anilines is 2. The minimum atomic E-state index is 0.203. The number of aryl methyl sites for hydroxylation is 1. The average Bonchev–Trinajstić information content (AvgIpc) is 2.33. The van der Waals surface area contributed by atoms with Crippen molar-refractivity contribution in [1.29, 1.82) is 0 Å². The van der Waals surface area contributed by atoms with Gasteiger partial charge in [0.25, 0.3) is 0 Å². The Morgan fingerprint density at radius 1 is 1.11 bits per heavy atom. The third kappa shape index (κ3) is 2.96. The van der Waals surface area contributed by atoms with E-state index in [-0.39, 0.29) is 6.04 Å². The molecule has 94 valence electrons. The Kier molecular flexibility index (Phi) is 3.78. The molecule has 0 radical (unpaired) electrons. The zero-order valence-corrected chi connectivity index (χ0v) is 11.3.